The summed E-state index contributed by atoms with van der Waals surface area (Å²) in [6.07, 6.45) is -0.485. The Morgan fingerprint density at radius 1 is 0.886 bits per heavy atom. The third-order valence-corrected chi connectivity index (χ3v) is 8.28. The zero-order valence-electron chi connectivity index (χ0n) is 25.3. The summed E-state index contributed by atoms with van der Waals surface area (Å²) < 4.78 is 22.8. The van der Waals surface area contributed by atoms with Gasteiger partial charge in [0.15, 0.2) is 12.9 Å². The number of fused-ring (bicyclic) bond motifs is 1. The third-order valence-electron chi connectivity index (χ3n) is 8.28. The molecule has 0 saturated carbocycles. The zero-order chi connectivity index (χ0) is 30.9. The monoisotopic (exact) mass is 602 g/mol. The SMILES string of the molecule is Cc1cccc(C)c1OCC(=O)N[C@@H](Cc1ccccc1)C[C@H](O)[C@H](Cc1ccccc1)NC(=O)O[C@H]1COC2OCCC21. The number of hydrogen-bond acceptors (Lipinski definition) is 7. The van der Waals surface area contributed by atoms with E-state index < -0.39 is 30.4 Å². The van der Waals surface area contributed by atoms with Crippen LogP contribution in [0.15, 0.2) is 78.9 Å². The van der Waals surface area contributed by atoms with Crippen LogP contribution in [0.2, 0.25) is 0 Å². The van der Waals surface area contributed by atoms with Crippen LogP contribution in [0.3, 0.4) is 0 Å². The van der Waals surface area contributed by atoms with E-state index in [-0.39, 0.29) is 37.7 Å². The predicted octanol–water partition coefficient (Wildman–Crippen LogP) is 4.26. The Balaban J connectivity index is 1.26. The van der Waals surface area contributed by atoms with E-state index in [0.717, 1.165) is 28.7 Å². The molecule has 2 fully saturated rings. The standard InChI is InChI=1S/C35H42N2O7/c1-23-10-9-11-24(2)33(23)42-22-32(39)36-27(18-25-12-5-3-6-13-25)20-30(38)29(19-26-14-7-4-8-15-26)37-35(40)44-31-21-43-34-28(31)16-17-41-34/h3-15,27-31,34,38H,16-22H2,1-2H3,(H,36,39)(H,37,40)/t27-,28?,29-,30-,31-,34?/m0/s1. The van der Waals surface area contributed by atoms with Crippen molar-refractivity contribution in [3.05, 3.63) is 101 Å². The zero-order valence-corrected chi connectivity index (χ0v) is 25.3. The van der Waals surface area contributed by atoms with Crippen molar-refractivity contribution in [1.82, 2.24) is 10.6 Å². The fourth-order valence-electron chi connectivity index (χ4n) is 6.00. The Hall–Kier alpha value is -3.92. The summed E-state index contributed by atoms with van der Waals surface area (Å²) in [6, 6.07) is 24.2. The van der Waals surface area contributed by atoms with Gasteiger partial charge in [-0.15, -0.1) is 0 Å². The molecule has 3 aromatic carbocycles. The number of benzene rings is 3. The molecule has 2 aliphatic heterocycles. The van der Waals surface area contributed by atoms with Crippen molar-refractivity contribution in [3.8, 4) is 5.75 Å². The van der Waals surface area contributed by atoms with E-state index in [0.29, 0.717) is 25.2 Å². The first-order chi connectivity index (χ1) is 21.4. The summed E-state index contributed by atoms with van der Waals surface area (Å²) >= 11 is 0. The lowest BCUT2D eigenvalue weighted by atomic mass is 9.93. The van der Waals surface area contributed by atoms with Crippen LogP contribution < -0.4 is 15.4 Å². The average Bonchev–Trinajstić information content (AvgIpc) is 3.63. The number of aryl methyl sites for hydroxylation is 2. The van der Waals surface area contributed by atoms with E-state index in [1.165, 1.54) is 0 Å². The minimum absolute atomic E-state index is 0.00870. The number of aliphatic hydroxyl groups excluding tert-OH is 1. The molecule has 3 aromatic rings. The maximum absolute atomic E-state index is 13.1. The number of carbonyl (C=O) groups excluding carboxylic acids is 2. The second-order valence-electron chi connectivity index (χ2n) is 11.7. The van der Waals surface area contributed by atoms with Crippen LogP contribution in [-0.4, -0.2) is 67.5 Å². The van der Waals surface area contributed by atoms with Gasteiger partial charge in [0, 0.05) is 6.04 Å². The number of rotatable bonds is 13. The molecule has 9 heteroatoms. The highest BCUT2D eigenvalue weighted by Crippen LogP contribution is 2.33. The number of alkyl carbamates (subject to hydrolysis) is 1. The van der Waals surface area contributed by atoms with Gasteiger partial charge in [-0.1, -0.05) is 78.9 Å². The van der Waals surface area contributed by atoms with Gasteiger partial charge in [-0.3, -0.25) is 4.79 Å². The number of aliphatic hydroxyl groups is 1. The van der Waals surface area contributed by atoms with Gasteiger partial charge in [0.05, 0.1) is 31.3 Å². The van der Waals surface area contributed by atoms with Crippen molar-refractivity contribution in [2.45, 2.75) is 70.1 Å². The molecular weight excluding hydrogens is 560 g/mol. The Labute approximate surface area is 258 Å². The van der Waals surface area contributed by atoms with Crippen molar-refractivity contribution in [3.63, 3.8) is 0 Å². The molecule has 5 rings (SSSR count). The van der Waals surface area contributed by atoms with Gasteiger partial charge in [-0.05, 0) is 61.8 Å². The summed E-state index contributed by atoms with van der Waals surface area (Å²) in [5.74, 6) is 0.410. The van der Waals surface area contributed by atoms with Crippen molar-refractivity contribution in [1.29, 1.82) is 0 Å². The smallest absolute Gasteiger partial charge is 0.407 e. The van der Waals surface area contributed by atoms with Crippen LogP contribution in [0.5, 0.6) is 5.75 Å². The van der Waals surface area contributed by atoms with Crippen LogP contribution in [0.4, 0.5) is 4.79 Å². The average molecular weight is 603 g/mol. The third kappa shape index (κ3) is 8.59. The second-order valence-corrected chi connectivity index (χ2v) is 11.7. The minimum Gasteiger partial charge on any atom is -0.483 e. The molecule has 0 bridgehead atoms. The van der Waals surface area contributed by atoms with E-state index in [2.05, 4.69) is 10.6 Å². The second kappa shape index (κ2) is 15.2. The summed E-state index contributed by atoms with van der Waals surface area (Å²) in [5.41, 5.74) is 3.88. The Morgan fingerprint density at radius 2 is 1.55 bits per heavy atom. The first-order valence-corrected chi connectivity index (χ1v) is 15.3. The van der Waals surface area contributed by atoms with Gasteiger partial charge in [0.25, 0.3) is 5.91 Å². The van der Waals surface area contributed by atoms with Gasteiger partial charge in [-0.25, -0.2) is 4.79 Å². The van der Waals surface area contributed by atoms with Crippen LogP contribution in [0, 0.1) is 19.8 Å². The van der Waals surface area contributed by atoms with Gasteiger partial charge < -0.3 is 34.7 Å². The summed E-state index contributed by atoms with van der Waals surface area (Å²) in [7, 11) is 0. The Morgan fingerprint density at radius 3 is 2.23 bits per heavy atom. The molecule has 2 unspecified atom stereocenters. The lowest BCUT2D eigenvalue weighted by Gasteiger charge is -2.29. The molecule has 2 heterocycles. The molecule has 2 amide bonds. The lowest BCUT2D eigenvalue weighted by molar-refractivity contribution is -0.124. The summed E-state index contributed by atoms with van der Waals surface area (Å²) in [5, 5.41) is 17.5. The van der Waals surface area contributed by atoms with Crippen molar-refractivity contribution >= 4 is 12.0 Å². The Bertz CT molecular complexity index is 1350. The lowest BCUT2D eigenvalue weighted by Crippen LogP contribution is -2.50. The molecular formula is C35H42N2O7. The van der Waals surface area contributed by atoms with Crippen LogP contribution in [-0.2, 0) is 31.8 Å². The first kappa shape index (κ1) is 31.5. The highest BCUT2D eigenvalue weighted by molar-refractivity contribution is 5.78. The van der Waals surface area contributed by atoms with Crippen molar-refractivity contribution < 1.29 is 33.6 Å². The molecule has 2 aliphatic rings. The number of ether oxygens (including phenoxy) is 4. The molecule has 0 aliphatic carbocycles. The first-order valence-electron chi connectivity index (χ1n) is 15.3. The van der Waals surface area contributed by atoms with E-state index in [1.54, 1.807) is 0 Å². The van der Waals surface area contributed by atoms with Gasteiger partial charge >= 0.3 is 6.09 Å². The van der Waals surface area contributed by atoms with Gasteiger partial charge in [0.1, 0.15) is 11.9 Å². The molecule has 0 spiro atoms. The Kier molecular flexibility index (Phi) is 10.9. The molecule has 44 heavy (non-hydrogen) atoms. The highest BCUT2D eigenvalue weighted by atomic mass is 16.7. The summed E-state index contributed by atoms with van der Waals surface area (Å²) in [6.45, 7) is 4.60. The van der Waals surface area contributed by atoms with E-state index >= 15 is 0 Å². The van der Waals surface area contributed by atoms with E-state index in [9.17, 15) is 14.7 Å². The number of para-hydroxylation sites is 1. The van der Waals surface area contributed by atoms with E-state index in [1.807, 2.05) is 92.7 Å². The molecule has 0 aromatic heterocycles. The maximum atomic E-state index is 13.1. The highest BCUT2D eigenvalue weighted by Gasteiger charge is 2.44. The molecule has 234 valence electrons. The number of amides is 2. The molecule has 0 radical (unpaired) electrons. The maximum Gasteiger partial charge on any atom is 0.407 e. The topological polar surface area (TPSA) is 115 Å². The molecule has 6 atom stereocenters. The normalized spacial score (nSPS) is 21.1. The quantitative estimate of drug-likeness (QED) is 0.268. The number of carbonyl (C=O) groups is 2. The number of hydrogen-bond donors (Lipinski definition) is 3. The van der Waals surface area contributed by atoms with Gasteiger partial charge in [0.2, 0.25) is 0 Å². The van der Waals surface area contributed by atoms with E-state index in [4.69, 9.17) is 18.9 Å². The fraction of sp³-hybridized carbons (Fsp3) is 0.429. The minimum atomic E-state index is -0.987. The van der Waals surface area contributed by atoms with Crippen LogP contribution >= 0.6 is 0 Å². The van der Waals surface area contributed by atoms with Crippen LogP contribution in [0.25, 0.3) is 0 Å². The fourth-order valence-corrected chi connectivity index (χ4v) is 6.00. The molecule has 3 N–H and O–H groups in total. The largest absolute Gasteiger partial charge is 0.483 e. The van der Waals surface area contributed by atoms with Crippen molar-refractivity contribution in [2.75, 3.05) is 19.8 Å². The number of nitrogens with one attached hydrogen (secondary N) is 2. The van der Waals surface area contributed by atoms with Gasteiger partial charge in [-0.2, -0.15) is 0 Å². The summed E-state index contributed by atoms with van der Waals surface area (Å²) in [4.78, 5) is 26.2. The molecule has 9 nitrogen and oxygen atoms in total. The van der Waals surface area contributed by atoms with Crippen LogP contribution in [0.1, 0.15) is 35.1 Å². The predicted molar refractivity (Wildman–Crippen MR) is 165 cm³/mol. The molecule has 2 saturated heterocycles. The van der Waals surface area contributed by atoms with Crippen molar-refractivity contribution in [2.24, 2.45) is 5.92 Å².